The molecule has 0 aliphatic carbocycles. The Balaban J connectivity index is 1.65. The quantitative estimate of drug-likeness (QED) is 0.885. The van der Waals surface area contributed by atoms with Crippen molar-refractivity contribution in [2.45, 2.75) is 25.8 Å². The zero-order valence-electron chi connectivity index (χ0n) is 11.1. The van der Waals surface area contributed by atoms with Crippen molar-refractivity contribution in [3.05, 3.63) is 35.4 Å². The predicted molar refractivity (Wildman–Crippen MR) is 70.8 cm³/mol. The van der Waals surface area contributed by atoms with Crippen LogP contribution in [0.25, 0.3) is 0 Å². The Labute approximate surface area is 112 Å². The molecule has 0 radical (unpaired) electrons. The number of rotatable bonds is 2. The second-order valence-corrected chi connectivity index (χ2v) is 5.99. The van der Waals surface area contributed by atoms with Gasteiger partial charge in [-0.15, -0.1) is 0 Å². The molecule has 0 saturated carbocycles. The zero-order valence-corrected chi connectivity index (χ0v) is 11.1. The molecule has 2 aliphatic rings. The number of benzene rings is 1. The standard InChI is InChI=1S/C15H20F2N2/c16-13-7-12(8-14(17)9-13)10-19-6-3-15(11-19)1-4-18-5-2-15/h7-9,18H,1-6,10-11H2. The van der Waals surface area contributed by atoms with Crippen LogP contribution in [0.2, 0.25) is 0 Å². The van der Waals surface area contributed by atoms with E-state index in [9.17, 15) is 8.78 Å². The molecule has 2 heterocycles. The molecule has 1 N–H and O–H groups in total. The van der Waals surface area contributed by atoms with Gasteiger partial charge in [0.25, 0.3) is 0 Å². The van der Waals surface area contributed by atoms with Crippen LogP contribution in [0.15, 0.2) is 18.2 Å². The molecule has 1 aromatic carbocycles. The van der Waals surface area contributed by atoms with Crippen LogP contribution in [-0.2, 0) is 6.54 Å². The summed E-state index contributed by atoms with van der Waals surface area (Å²) in [7, 11) is 0. The van der Waals surface area contributed by atoms with E-state index < -0.39 is 11.6 Å². The molecular formula is C15H20F2N2. The Bertz CT molecular complexity index is 435. The third-order valence-corrected chi connectivity index (χ3v) is 4.51. The lowest BCUT2D eigenvalue weighted by molar-refractivity contribution is 0.194. The minimum absolute atomic E-state index is 0.442. The fourth-order valence-corrected chi connectivity index (χ4v) is 3.49. The maximum Gasteiger partial charge on any atom is 0.126 e. The summed E-state index contributed by atoms with van der Waals surface area (Å²) in [6.45, 7) is 4.96. The number of likely N-dealkylation sites (tertiary alicyclic amines) is 1. The van der Waals surface area contributed by atoms with Gasteiger partial charge in [-0.2, -0.15) is 0 Å². The highest BCUT2D eigenvalue weighted by atomic mass is 19.1. The molecule has 2 aliphatic heterocycles. The van der Waals surface area contributed by atoms with E-state index >= 15 is 0 Å². The first-order chi connectivity index (χ1) is 9.15. The fraction of sp³-hybridized carbons (Fsp3) is 0.600. The first-order valence-electron chi connectivity index (χ1n) is 7.03. The summed E-state index contributed by atoms with van der Waals surface area (Å²) in [5, 5.41) is 3.40. The van der Waals surface area contributed by atoms with Gasteiger partial charge >= 0.3 is 0 Å². The molecule has 0 amide bonds. The van der Waals surface area contributed by atoms with E-state index in [1.165, 1.54) is 31.4 Å². The summed E-state index contributed by atoms with van der Waals surface area (Å²) in [5.74, 6) is -0.962. The van der Waals surface area contributed by atoms with Crippen molar-refractivity contribution in [3.63, 3.8) is 0 Å². The Hall–Kier alpha value is -1.00. The number of nitrogens with one attached hydrogen (secondary N) is 1. The minimum atomic E-state index is -0.481. The smallest absolute Gasteiger partial charge is 0.126 e. The normalized spacial score (nSPS) is 23.1. The average molecular weight is 266 g/mol. The van der Waals surface area contributed by atoms with Gasteiger partial charge in [0.2, 0.25) is 0 Å². The van der Waals surface area contributed by atoms with Crippen LogP contribution >= 0.6 is 0 Å². The van der Waals surface area contributed by atoms with Crippen molar-refractivity contribution in [2.24, 2.45) is 5.41 Å². The minimum Gasteiger partial charge on any atom is -0.317 e. The van der Waals surface area contributed by atoms with Gasteiger partial charge in [0, 0.05) is 19.2 Å². The maximum atomic E-state index is 13.2. The average Bonchev–Trinajstić information content (AvgIpc) is 2.71. The molecule has 0 aromatic heterocycles. The van der Waals surface area contributed by atoms with E-state index in [1.807, 2.05) is 0 Å². The number of nitrogens with zero attached hydrogens (tertiary/aromatic N) is 1. The maximum absolute atomic E-state index is 13.2. The number of piperidine rings is 1. The highest BCUT2D eigenvalue weighted by molar-refractivity contribution is 5.18. The van der Waals surface area contributed by atoms with Crippen LogP contribution < -0.4 is 5.32 Å². The van der Waals surface area contributed by atoms with Crippen LogP contribution in [0.3, 0.4) is 0 Å². The molecule has 104 valence electrons. The van der Waals surface area contributed by atoms with Gasteiger partial charge in [-0.25, -0.2) is 8.78 Å². The van der Waals surface area contributed by atoms with Crippen molar-refractivity contribution in [1.82, 2.24) is 10.2 Å². The topological polar surface area (TPSA) is 15.3 Å². The zero-order chi connectivity index (χ0) is 13.3. The second-order valence-electron chi connectivity index (χ2n) is 5.99. The Morgan fingerprint density at radius 1 is 1.05 bits per heavy atom. The number of halogens is 2. The SMILES string of the molecule is Fc1cc(F)cc(CN2CCC3(CCNCC3)C2)c1. The highest BCUT2D eigenvalue weighted by Gasteiger charge is 2.38. The Kier molecular flexibility index (Phi) is 3.54. The van der Waals surface area contributed by atoms with E-state index in [0.717, 1.165) is 37.8 Å². The van der Waals surface area contributed by atoms with Gasteiger partial charge < -0.3 is 5.32 Å². The first-order valence-corrected chi connectivity index (χ1v) is 7.03. The van der Waals surface area contributed by atoms with Gasteiger partial charge in [-0.3, -0.25) is 4.90 Å². The van der Waals surface area contributed by atoms with Gasteiger partial charge in [-0.05, 0) is 62.0 Å². The van der Waals surface area contributed by atoms with Crippen LogP contribution in [0.4, 0.5) is 8.78 Å². The molecule has 19 heavy (non-hydrogen) atoms. The lowest BCUT2D eigenvalue weighted by Crippen LogP contribution is -2.38. The van der Waals surface area contributed by atoms with Crippen molar-refractivity contribution >= 4 is 0 Å². The Morgan fingerprint density at radius 2 is 1.74 bits per heavy atom. The summed E-state index contributed by atoms with van der Waals surface area (Å²) in [6, 6.07) is 3.81. The molecule has 2 nitrogen and oxygen atoms in total. The van der Waals surface area contributed by atoms with Gasteiger partial charge in [-0.1, -0.05) is 0 Å². The van der Waals surface area contributed by atoms with E-state index in [1.54, 1.807) is 0 Å². The van der Waals surface area contributed by atoms with E-state index in [4.69, 9.17) is 0 Å². The van der Waals surface area contributed by atoms with Gasteiger partial charge in [0.05, 0.1) is 0 Å². The predicted octanol–water partition coefficient (Wildman–Crippen LogP) is 2.54. The number of hydrogen-bond acceptors (Lipinski definition) is 2. The van der Waals surface area contributed by atoms with Crippen LogP contribution in [0.1, 0.15) is 24.8 Å². The van der Waals surface area contributed by atoms with Gasteiger partial charge in [0.15, 0.2) is 0 Å². The van der Waals surface area contributed by atoms with Gasteiger partial charge in [0.1, 0.15) is 11.6 Å². The van der Waals surface area contributed by atoms with E-state index in [-0.39, 0.29) is 0 Å². The highest BCUT2D eigenvalue weighted by Crippen LogP contribution is 2.39. The second kappa shape index (κ2) is 5.17. The van der Waals surface area contributed by atoms with E-state index in [2.05, 4.69) is 10.2 Å². The van der Waals surface area contributed by atoms with Crippen LogP contribution in [0.5, 0.6) is 0 Å². The summed E-state index contributed by atoms with van der Waals surface area (Å²) < 4.78 is 26.4. The lowest BCUT2D eigenvalue weighted by Gasteiger charge is -2.33. The lowest BCUT2D eigenvalue weighted by atomic mass is 9.78. The molecule has 2 saturated heterocycles. The molecular weight excluding hydrogens is 246 g/mol. The largest absolute Gasteiger partial charge is 0.317 e. The molecule has 1 spiro atoms. The van der Waals surface area contributed by atoms with Crippen molar-refractivity contribution in [2.75, 3.05) is 26.2 Å². The van der Waals surface area contributed by atoms with Crippen molar-refractivity contribution in [3.8, 4) is 0 Å². The molecule has 0 bridgehead atoms. The summed E-state index contributed by atoms with van der Waals surface area (Å²) in [4.78, 5) is 2.33. The van der Waals surface area contributed by atoms with Crippen LogP contribution in [-0.4, -0.2) is 31.1 Å². The number of hydrogen-bond donors (Lipinski definition) is 1. The molecule has 2 fully saturated rings. The molecule has 3 rings (SSSR count). The van der Waals surface area contributed by atoms with Crippen LogP contribution in [0, 0.1) is 17.0 Å². The van der Waals surface area contributed by atoms with Crippen molar-refractivity contribution in [1.29, 1.82) is 0 Å². The molecule has 1 aromatic rings. The third-order valence-electron chi connectivity index (χ3n) is 4.51. The molecule has 4 heteroatoms. The summed E-state index contributed by atoms with van der Waals surface area (Å²) in [6.07, 6.45) is 3.66. The summed E-state index contributed by atoms with van der Waals surface area (Å²) >= 11 is 0. The van der Waals surface area contributed by atoms with Crippen molar-refractivity contribution < 1.29 is 8.78 Å². The summed E-state index contributed by atoms with van der Waals surface area (Å²) in [5.41, 5.74) is 1.18. The Morgan fingerprint density at radius 3 is 2.42 bits per heavy atom. The monoisotopic (exact) mass is 266 g/mol. The first kappa shape index (κ1) is 13.0. The third kappa shape index (κ3) is 2.95. The fourth-order valence-electron chi connectivity index (χ4n) is 3.49. The molecule has 0 unspecified atom stereocenters. The van der Waals surface area contributed by atoms with E-state index in [0.29, 0.717) is 12.0 Å². The molecule has 0 atom stereocenters.